The number of hydrogen-bond donors (Lipinski definition) is 0. The molecule has 1 aromatic heterocycles. The summed E-state index contributed by atoms with van der Waals surface area (Å²) in [5.74, 6) is 0. The van der Waals surface area contributed by atoms with Crippen LogP contribution in [0.5, 0.6) is 0 Å². The van der Waals surface area contributed by atoms with Crippen LogP contribution in [0, 0.1) is 34.6 Å². The van der Waals surface area contributed by atoms with E-state index in [0.717, 1.165) is 27.6 Å². The van der Waals surface area contributed by atoms with Crippen LogP contribution in [0.15, 0.2) is 63.8 Å². The molecule has 28 heavy (non-hydrogen) atoms. The van der Waals surface area contributed by atoms with Crippen molar-refractivity contribution in [3.8, 4) is 22.3 Å². The van der Waals surface area contributed by atoms with Crippen molar-refractivity contribution < 1.29 is 4.42 Å². The molecule has 2 heteroatoms. The lowest BCUT2D eigenvalue weighted by molar-refractivity contribution is 0.560. The topological polar surface area (TPSA) is 30.2 Å². The summed E-state index contributed by atoms with van der Waals surface area (Å²) in [7, 11) is 0. The molecule has 1 heterocycles. The van der Waals surface area contributed by atoms with Gasteiger partial charge in [0.15, 0.2) is 0 Å². The molecule has 4 aromatic rings. The summed E-state index contributed by atoms with van der Waals surface area (Å²) < 4.78 is 5.55. The molecule has 0 spiro atoms. The molecule has 4 rings (SSSR count). The van der Waals surface area contributed by atoms with Gasteiger partial charge in [-0.05, 0) is 74.6 Å². The fourth-order valence-corrected chi connectivity index (χ4v) is 4.10. The number of aryl methyl sites for hydroxylation is 5. The molecule has 140 valence electrons. The third-order valence-corrected chi connectivity index (χ3v) is 5.15. The molecular formula is C26H24O2. The van der Waals surface area contributed by atoms with E-state index < -0.39 is 0 Å². The summed E-state index contributed by atoms with van der Waals surface area (Å²) in [5, 5.41) is 0.974. The minimum Gasteiger partial charge on any atom is -0.423 e. The Morgan fingerprint density at radius 2 is 1.04 bits per heavy atom. The number of fused-ring (bicyclic) bond motifs is 1. The van der Waals surface area contributed by atoms with Crippen LogP contribution in [0.2, 0.25) is 0 Å². The molecule has 0 unspecified atom stereocenters. The van der Waals surface area contributed by atoms with Crippen LogP contribution >= 0.6 is 0 Å². The van der Waals surface area contributed by atoms with Crippen LogP contribution in [0.1, 0.15) is 27.8 Å². The molecule has 3 aromatic carbocycles. The molecule has 0 N–H and O–H groups in total. The van der Waals surface area contributed by atoms with Gasteiger partial charge < -0.3 is 4.42 Å². The van der Waals surface area contributed by atoms with Crippen molar-refractivity contribution in [2.45, 2.75) is 34.6 Å². The Balaban J connectivity index is 2.12. The molecule has 0 fully saturated rings. The zero-order chi connectivity index (χ0) is 20.0. The van der Waals surface area contributed by atoms with E-state index in [0.29, 0.717) is 5.58 Å². The molecule has 0 saturated carbocycles. The maximum atomic E-state index is 11.9. The van der Waals surface area contributed by atoms with Crippen LogP contribution in [0.3, 0.4) is 0 Å². The second-order valence-corrected chi connectivity index (χ2v) is 7.90. The monoisotopic (exact) mass is 368 g/mol. The third kappa shape index (κ3) is 3.38. The van der Waals surface area contributed by atoms with E-state index in [9.17, 15) is 4.79 Å². The Hall–Kier alpha value is -3.13. The predicted octanol–water partition coefficient (Wildman–Crippen LogP) is 6.67. The van der Waals surface area contributed by atoms with E-state index in [2.05, 4.69) is 70.2 Å². The van der Waals surface area contributed by atoms with E-state index >= 15 is 0 Å². The fourth-order valence-electron chi connectivity index (χ4n) is 4.10. The quantitative estimate of drug-likeness (QED) is 0.370. The van der Waals surface area contributed by atoms with Gasteiger partial charge in [0.25, 0.3) is 0 Å². The first-order valence-electron chi connectivity index (χ1n) is 9.56. The predicted molar refractivity (Wildman–Crippen MR) is 117 cm³/mol. The molecule has 0 amide bonds. The summed E-state index contributed by atoms with van der Waals surface area (Å²) in [5.41, 5.74) is 10.7. The number of benzene rings is 3. The van der Waals surface area contributed by atoms with Gasteiger partial charge in [-0.25, -0.2) is 4.79 Å². The summed E-state index contributed by atoms with van der Waals surface area (Å²) in [6, 6.07) is 18.9. The molecule has 0 radical (unpaired) electrons. The Kier molecular flexibility index (Phi) is 4.43. The van der Waals surface area contributed by atoms with Gasteiger partial charge in [-0.2, -0.15) is 0 Å². The van der Waals surface area contributed by atoms with E-state index in [4.69, 9.17) is 4.42 Å². The van der Waals surface area contributed by atoms with Gasteiger partial charge in [0.1, 0.15) is 5.58 Å². The van der Waals surface area contributed by atoms with E-state index in [-0.39, 0.29) is 5.63 Å². The minimum atomic E-state index is -0.310. The highest BCUT2D eigenvalue weighted by Crippen LogP contribution is 2.37. The maximum absolute atomic E-state index is 11.9. The first-order valence-corrected chi connectivity index (χ1v) is 9.56. The van der Waals surface area contributed by atoms with Gasteiger partial charge in [-0.15, -0.1) is 0 Å². The van der Waals surface area contributed by atoms with Crippen molar-refractivity contribution in [3.05, 3.63) is 92.8 Å². The van der Waals surface area contributed by atoms with Crippen LogP contribution < -0.4 is 5.63 Å². The first kappa shape index (κ1) is 18.2. The van der Waals surface area contributed by atoms with E-state index in [1.807, 2.05) is 13.0 Å². The third-order valence-electron chi connectivity index (χ3n) is 5.15. The van der Waals surface area contributed by atoms with Crippen LogP contribution in [-0.2, 0) is 0 Å². The second kappa shape index (κ2) is 6.79. The van der Waals surface area contributed by atoms with Crippen molar-refractivity contribution in [2.75, 3.05) is 0 Å². The van der Waals surface area contributed by atoms with Gasteiger partial charge in [-0.1, -0.05) is 58.7 Å². The number of rotatable bonds is 2. The largest absolute Gasteiger partial charge is 0.423 e. The zero-order valence-electron chi connectivity index (χ0n) is 17.0. The SMILES string of the molecule is Cc1cc(C)cc(-c2cc3oc(=O)cc(C)c3cc2-c2cc(C)cc(C)c2)c1. The Labute approximate surface area is 165 Å². The first-order chi connectivity index (χ1) is 13.3. The standard InChI is InChI=1S/C26H24O2/c1-15-6-16(2)9-20(8-15)23-13-22-19(5)12-26(27)28-25(22)14-24(23)21-10-17(3)7-18(4)11-21/h6-14H,1-5H3. The highest BCUT2D eigenvalue weighted by Gasteiger charge is 2.14. The lowest BCUT2D eigenvalue weighted by Crippen LogP contribution is -1.99. The van der Waals surface area contributed by atoms with Gasteiger partial charge >= 0.3 is 5.63 Å². The smallest absolute Gasteiger partial charge is 0.336 e. The van der Waals surface area contributed by atoms with Gasteiger partial charge in [0, 0.05) is 11.5 Å². The van der Waals surface area contributed by atoms with E-state index in [1.54, 1.807) is 6.07 Å². The summed E-state index contributed by atoms with van der Waals surface area (Å²) >= 11 is 0. The molecule has 2 nitrogen and oxygen atoms in total. The molecule has 0 aliphatic heterocycles. The van der Waals surface area contributed by atoms with Gasteiger partial charge in [-0.3, -0.25) is 0 Å². The van der Waals surface area contributed by atoms with Gasteiger partial charge in [0.2, 0.25) is 0 Å². The van der Waals surface area contributed by atoms with Gasteiger partial charge in [0.05, 0.1) is 0 Å². The number of hydrogen-bond acceptors (Lipinski definition) is 2. The van der Waals surface area contributed by atoms with Crippen LogP contribution in [-0.4, -0.2) is 0 Å². The van der Waals surface area contributed by atoms with Crippen molar-refractivity contribution in [2.24, 2.45) is 0 Å². The summed E-state index contributed by atoms with van der Waals surface area (Å²) in [6.07, 6.45) is 0. The normalized spacial score (nSPS) is 11.2. The van der Waals surface area contributed by atoms with E-state index in [1.165, 1.54) is 27.8 Å². The average Bonchev–Trinajstić information content (AvgIpc) is 2.59. The highest BCUT2D eigenvalue weighted by molar-refractivity contribution is 5.95. The Morgan fingerprint density at radius 1 is 0.571 bits per heavy atom. The molecule has 0 aliphatic rings. The van der Waals surface area contributed by atoms with Crippen molar-refractivity contribution >= 4 is 11.0 Å². The lowest BCUT2D eigenvalue weighted by atomic mass is 9.89. The Bertz CT molecular complexity index is 1240. The maximum Gasteiger partial charge on any atom is 0.336 e. The molecule has 0 aliphatic carbocycles. The molecule has 0 atom stereocenters. The second-order valence-electron chi connectivity index (χ2n) is 7.90. The lowest BCUT2D eigenvalue weighted by Gasteiger charge is -2.15. The van der Waals surface area contributed by atoms with Crippen molar-refractivity contribution in [3.63, 3.8) is 0 Å². The van der Waals surface area contributed by atoms with Crippen molar-refractivity contribution in [1.82, 2.24) is 0 Å². The summed E-state index contributed by atoms with van der Waals surface area (Å²) in [4.78, 5) is 11.9. The molecule has 0 saturated heterocycles. The molecule has 0 bridgehead atoms. The van der Waals surface area contributed by atoms with Crippen LogP contribution in [0.4, 0.5) is 0 Å². The molecular weight excluding hydrogens is 344 g/mol. The minimum absolute atomic E-state index is 0.310. The van der Waals surface area contributed by atoms with Crippen molar-refractivity contribution in [1.29, 1.82) is 0 Å². The fraction of sp³-hybridized carbons (Fsp3) is 0.192. The van der Waals surface area contributed by atoms with Crippen LogP contribution in [0.25, 0.3) is 33.2 Å². The highest BCUT2D eigenvalue weighted by atomic mass is 16.4. The Morgan fingerprint density at radius 3 is 1.54 bits per heavy atom. The summed E-state index contributed by atoms with van der Waals surface area (Å²) in [6.45, 7) is 10.4. The zero-order valence-corrected chi connectivity index (χ0v) is 17.0. The average molecular weight is 368 g/mol.